The molecule has 8 bridgehead atoms. The number of hydrogen-bond acceptors (Lipinski definition) is 8. The topological polar surface area (TPSA) is 66.2 Å². The number of para-hydroxylation sites is 4. The molecule has 0 fully saturated rings. The Kier molecular flexibility index (Phi) is 9.18. The van der Waals surface area contributed by atoms with Crippen LogP contribution in [-0.4, -0.2) is 19.1 Å². The van der Waals surface area contributed by atoms with Gasteiger partial charge in [-0.2, -0.15) is 0 Å². The van der Waals surface area contributed by atoms with Gasteiger partial charge in [0, 0.05) is 33.6 Å². The second-order valence-electron chi connectivity index (χ2n) is 14.2. The zero-order chi connectivity index (χ0) is 39.8. The van der Waals surface area contributed by atoms with Gasteiger partial charge in [-0.3, -0.25) is 18.9 Å². The van der Waals surface area contributed by atoms with E-state index in [9.17, 15) is 0 Å². The van der Waals surface area contributed by atoms with E-state index in [2.05, 4.69) is 211 Å². The Morgan fingerprint density at radius 3 is 1.03 bits per heavy atom. The molecule has 288 valence electrons. The molecule has 11 rings (SSSR count). The van der Waals surface area contributed by atoms with Crippen molar-refractivity contribution in [3.63, 3.8) is 0 Å². The number of hydrogen-bond donors (Lipinski definition) is 2. The van der Waals surface area contributed by atoms with Crippen LogP contribution in [0, 0.1) is 0 Å². The molecular weight excluding hydrogens is 777 g/mol. The highest BCUT2D eigenvalue weighted by Crippen LogP contribution is 2.45. The monoisotopic (exact) mass is 812 g/mol. The van der Waals surface area contributed by atoms with Crippen LogP contribution in [0.4, 0.5) is 23.0 Å². The van der Waals surface area contributed by atoms with Crippen molar-refractivity contribution in [2.45, 2.75) is 0 Å². The van der Waals surface area contributed by atoms with E-state index in [4.69, 9.17) is 9.97 Å². The molecule has 8 aromatic rings. The van der Waals surface area contributed by atoms with Crippen molar-refractivity contribution in [2.24, 2.45) is 0 Å². The lowest BCUT2D eigenvalue weighted by molar-refractivity contribution is 0.955. The van der Waals surface area contributed by atoms with E-state index in [1.807, 2.05) is 24.3 Å². The second-order valence-corrected chi connectivity index (χ2v) is 16.0. The van der Waals surface area contributed by atoms with Crippen LogP contribution in [0.15, 0.2) is 227 Å². The molecule has 0 saturated carbocycles. The molecule has 0 amide bonds. The summed E-state index contributed by atoms with van der Waals surface area (Å²) in [6.07, 6.45) is 4.29. The maximum atomic E-state index is 5.60. The lowest BCUT2D eigenvalue weighted by Gasteiger charge is -2.25. The Morgan fingerprint density at radius 2 is 0.683 bits per heavy atom. The maximum Gasteiger partial charge on any atom is 0.158 e. The molecule has 8 nitrogen and oxygen atoms in total. The van der Waals surface area contributed by atoms with Crippen LogP contribution in [0.25, 0.3) is 22.5 Å². The molecule has 6 aromatic carbocycles. The zero-order valence-electron chi connectivity index (χ0n) is 32.1. The fourth-order valence-electron chi connectivity index (χ4n) is 7.79. The van der Waals surface area contributed by atoms with Crippen LogP contribution in [0.2, 0.25) is 0 Å². The normalized spacial score (nSPS) is 14.8. The number of nitrogens with zero attached hydrogens (tertiary/aromatic N) is 6. The van der Waals surface area contributed by atoms with Crippen molar-refractivity contribution >= 4 is 57.7 Å². The number of rotatable bonds is 6. The summed E-state index contributed by atoms with van der Waals surface area (Å²) in [5, 5.41) is 14.1. The van der Waals surface area contributed by atoms with Crippen molar-refractivity contribution in [2.75, 3.05) is 9.80 Å². The lowest BCUT2D eigenvalue weighted by Crippen LogP contribution is -2.26. The van der Waals surface area contributed by atoms with Gasteiger partial charge >= 0.3 is 0 Å². The number of nitrogens with one attached hydrogen (secondary N) is 2. The molecule has 0 spiro atoms. The van der Waals surface area contributed by atoms with E-state index in [0.29, 0.717) is 0 Å². The molecule has 2 aromatic heterocycles. The van der Waals surface area contributed by atoms with Crippen molar-refractivity contribution in [1.29, 1.82) is 0 Å². The van der Waals surface area contributed by atoms with Crippen molar-refractivity contribution in [3.8, 4) is 11.4 Å². The van der Waals surface area contributed by atoms with Gasteiger partial charge in [0.05, 0.1) is 33.6 Å². The Bertz CT molecular complexity index is 2750. The number of benzene rings is 6. The maximum absolute atomic E-state index is 5.60. The average Bonchev–Trinajstić information content (AvgIpc) is 4.15. The summed E-state index contributed by atoms with van der Waals surface area (Å²) >= 11 is 3.30. The highest BCUT2D eigenvalue weighted by molar-refractivity contribution is 8.06. The molecule has 3 aliphatic heterocycles. The van der Waals surface area contributed by atoms with Crippen LogP contribution >= 0.6 is 23.5 Å². The molecule has 0 atom stereocenters. The summed E-state index contributed by atoms with van der Waals surface area (Å²) in [5.74, 6) is 4.88. The standard InChI is InChI=1S/C50H36N8S2/c1-7-19-35(20-8-1)45-47-51-41(31-55(47)37-23-11-3-12-24-37)57(39-27-15-5-16-28-39)44-34-60-50(54-44)46(36-21-9-2-10-22-36)48-52-42(32-56(48)38-25-13-4-14-26-38)58(40-29-17-6-18-30-40)43-33-59-49(45)53-43/h1-34,53-54H. The first-order chi connectivity index (χ1) is 29.8. The summed E-state index contributed by atoms with van der Waals surface area (Å²) in [7, 11) is 0. The zero-order valence-corrected chi connectivity index (χ0v) is 33.8. The third-order valence-corrected chi connectivity index (χ3v) is 12.3. The average molecular weight is 813 g/mol. The fourth-order valence-corrected chi connectivity index (χ4v) is 9.56. The van der Waals surface area contributed by atoms with E-state index in [1.54, 1.807) is 23.5 Å². The summed E-state index contributed by atoms with van der Waals surface area (Å²) in [5.41, 5.74) is 7.98. The van der Waals surface area contributed by atoms with Gasteiger partial charge in [0.2, 0.25) is 0 Å². The Labute approximate surface area is 356 Å². The van der Waals surface area contributed by atoms with E-state index in [1.165, 1.54) is 0 Å². The van der Waals surface area contributed by atoms with E-state index >= 15 is 0 Å². The predicted molar refractivity (Wildman–Crippen MR) is 247 cm³/mol. The Balaban J connectivity index is 1.22. The van der Waals surface area contributed by atoms with E-state index in [0.717, 1.165) is 90.0 Å². The van der Waals surface area contributed by atoms with Gasteiger partial charge in [-0.05, 0) is 59.7 Å². The van der Waals surface area contributed by atoms with Gasteiger partial charge in [0.15, 0.2) is 11.6 Å². The van der Waals surface area contributed by atoms with Gasteiger partial charge in [-0.25, -0.2) is 9.97 Å². The van der Waals surface area contributed by atoms with Crippen molar-refractivity contribution in [1.82, 2.24) is 29.7 Å². The lowest BCUT2D eigenvalue weighted by atomic mass is 10.1. The second kappa shape index (κ2) is 15.4. The molecule has 10 heteroatoms. The molecule has 60 heavy (non-hydrogen) atoms. The molecular formula is C50H36N8S2. The molecule has 0 unspecified atom stereocenters. The largest absolute Gasteiger partial charge is 0.335 e. The summed E-state index contributed by atoms with van der Waals surface area (Å²) in [6.45, 7) is 0. The van der Waals surface area contributed by atoms with Crippen molar-refractivity contribution in [3.05, 3.63) is 250 Å². The van der Waals surface area contributed by atoms with E-state index in [-0.39, 0.29) is 0 Å². The summed E-state index contributed by atoms with van der Waals surface area (Å²) < 4.78 is 4.41. The minimum Gasteiger partial charge on any atom is -0.335 e. The Morgan fingerprint density at radius 1 is 0.367 bits per heavy atom. The fraction of sp³-hybridized carbons (Fsp3) is 0. The first-order valence-corrected chi connectivity index (χ1v) is 21.4. The highest BCUT2D eigenvalue weighted by Gasteiger charge is 2.33. The quantitative estimate of drug-likeness (QED) is 0.172. The molecule has 0 saturated heterocycles. The van der Waals surface area contributed by atoms with Crippen LogP contribution in [-0.2, 0) is 0 Å². The minimum atomic E-state index is 0.762. The Hall–Kier alpha value is -7.40. The SMILES string of the molecule is C1=C2NC(=C(c3ccccc3)c3nc(cn3-c3ccccc3)N(c3ccccc3)C3=CSC(=C(c4ccccc4)c4nc(cn4-c4ccccc4)N2c2ccccc2)N3)S1. The molecule has 5 heterocycles. The van der Waals surface area contributed by atoms with Crippen LogP contribution in [0.3, 0.4) is 0 Å². The first-order valence-electron chi connectivity index (χ1n) is 19.6. The molecule has 0 radical (unpaired) electrons. The van der Waals surface area contributed by atoms with Gasteiger partial charge in [0.25, 0.3) is 0 Å². The summed E-state index contributed by atoms with van der Waals surface area (Å²) in [6, 6.07) is 62.8. The number of thioether (sulfide) groups is 2. The van der Waals surface area contributed by atoms with Gasteiger partial charge in [-0.1, -0.05) is 157 Å². The number of fused-ring (bicyclic) bond motifs is 8. The third kappa shape index (κ3) is 6.48. The van der Waals surface area contributed by atoms with Gasteiger partial charge < -0.3 is 10.6 Å². The van der Waals surface area contributed by atoms with Crippen LogP contribution < -0.4 is 20.4 Å². The van der Waals surface area contributed by atoms with Gasteiger partial charge in [-0.15, -0.1) is 0 Å². The van der Waals surface area contributed by atoms with Gasteiger partial charge in [0.1, 0.15) is 23.3 Å². The third-order valence-electron chi connectivity index (χ3n) is 10.5. The summed E-state index contributed by atoms with van der Waals surface area (Å²) in [4.78, 5) is 15.6. The first kappa shape index (κ1) is 35.7. The van der Waals surface area contributed by atoms with Crippen LogP contribution in [0.5, 0.6) is 0 Å². The highest BCUT2D eigenvalue weighted by atomic mass is 32.2. The minimum absolute atomic E-state index is 0.762. The molecule has 2 N–H and O–H groups in total. The number of aromatic nitrogens is 4. The number of imidazole rings is 2. The predicted octanol–water partition coefficient (Wildman–Crippen LogP) is 11.8. The molecule has 3 aliphatic rings. The van der Waals surface area contributed by atoms with Crippen LogP contribution in [0.1, 0.15) is 22.8 Å². The number of anilines is 4. The van der Waals surface area contributed by atoms with Crippen molar-refractivity contribution < 1.29 is 0 Å². The smallest absolute Gasteiger partial charge is 0.158 e. The van der Waals surface area contributed by atoms with E-state index < -0.39 is 0 Å². The molecule has 0 aliphatic carbocycles.